The molecule has 2 N–H and O–H groups in total. The fourth-order valence-corrected chi connectivity index (χ4v) is 2.98. The minimum atomic E-state index is -0.0102. The molecule has 0 heterocycles. The molecule has 0 aliphatic heterocycles. The number of ketones is 1. The van der Waals surface area contributed by atoms with Gasteiger partial charge in [-0.15, -0.1) is 0 Å². The van der Waals surface area contributed by atoms with E-state index in [1.54, 1.807) is 0 Å². The van der Waals surface area contributed by atoms with Crippen LogP contribution < -0.4 is 10.6 Å². The van der Waals surface area contributed by atoms with Crippen LogP contribution in [0, 0.1) is 5.92 Å². The Hall–Kier alpha value is -1.18. The van der Waals surface area contributed by atoms with Crippen molar-refractivity contribution in [3.63, 3.8) is 0 Å². The van der Waals surface area contributed by atoms with E-state index in [4.69, 9.17) is 33.2 Å². The Kier molecular flexibility index (Phi) is 28.9. The molecule has 0 aromatic carbocycles. The Bertz CT molecular complexity index is 551. The van der Waals surface area contributed by atoms with Crippen LogP contribution in [0.3, 0.4) is 0 Å². The standard InChI is InChI=1S/C28H56N2O9/c1-25(2)28(32)29-9-11-34-13-15-36-17-19-38-21-23-39-22-20-37-18-16-35-14-12-33-10-7-5-6-8-27(31)24-30-26(3)4/h25-26,30H,5-24H2,1-4H3,(H,29,32). The summed E-state index contributed by atoms with van der Waals surface area (Å²) in [5.41, 5.74) is 0. The van der Waals surface area contributed by atoms with Gasteiger partial charge in [-0.25, -0.2) is 0 Å². The minimum absolute atomic E-state index is 0.0102. The fraction of sp³-hybridized carbons (Fsp3) is 0.929. The molecule has 0 aliphatic carbocycles. The molecule has 0 unspecified atom stereocenters. The molecule has 11 nitrogen and oxygen atoms in total. The summed E-state index contributed by atoms with van der Waals surface area (Å²) in [5, 5.41) is 5.94. The average molecular weight is 565 g/mol. The van der Waals surface area contributed by atoms with Crippen LogP contribution >= 0.6 is 0 Å². The second kappa shape index (κ2) is 29.8. The summed E-state index contributed by atoms with van der Waals surface area (Å²) in [6.07, 6.45) is 3.52. The average Bonchev–Trinajstić information content (AvgIpc) is 2.91. The number of rotatable bonds is 31. The first-order valence-electron chi connectivity index (χ1n) is 14.5. The zero-order valence-electron chi connectivity index (χ0n) is 25.0. The normalized spacial score (nSPS) is 11.5. The second-order valence-electron chi connectivity index (χ2n) is 9.62. The molecule has 0 aliphatic rings. The molecule has 11 heteroatoms. The molecule has 39 heavy (non-hydrogen) atoms. The van der Waals surface area contributed by atoms with E-state index in [9.17, 15) is 9.59 Å². The summed E-state index contributed by atoms with van der Waals surface area (Å²) in [4.78, 5) is 23.0. The molecule has 0 saturated heterocycles. The summed E-state index contributed by atoms with van der Waals surface area (Å²) in [6, 6.07) is 0.348. The van der Waals surface area contributed by atoms with Gasteiger partial charge in [0.1, 0.15) is 5.78 Å². The van der Waals surface area contributed by atoms with Crippen LogP contribution in [0.25, 0.3) is 0 Å². The van der Waals surface area contributed by atoms with Crippen molar-refractivity contribution >= 4 is 11.7 Å². The van der Waals surface area contributed by atoms with Crippen molar-refractivity contribution in [1.82, 2.24) is 10.6 Å². The minimum Gasteiger partial charge on any atom is -0.379 e. The molecule has 0 atom stereocenters. The number of hydrogen-bond donors (Lipinski definition) is 2. The van der Waals surface area contributed by atoms with Crippen molar-refractivity contribution in [2.24, 2.45) is 5.92 Å². The molecule has 0 saturated carbocycles. The summed E-state index contributed by atoms with van der Waals surface area (Å²) in [5.74, 6) is 0.301. The van der Waals surface area contributed by atoms with Gasteiger partial charge in [-0.2, -0.15) is 0 Å². The van der Waals surface area contributed by atoms with Gasteiger partial charge in [-0.05, 0) is 12.8 Å². The predicted molar refractivity (Wildman–Crippen MR) is 150 cm³/mol. The third kappa shape index (κ3) is 31.2. The zero-order valence-corrected chi connectivity index (χ0v) is 25.0. The maximum Gasteiger partial charge on any atom is 0.222 e. The summed E-state index contributed by atoms with van der Waals surface area (Å²) >= 11 is 0. The molecule has 1 amide bonds. The van der Waals surface area contributed by atoms with Gasteiger partial charge < -0.3 is 43.8 Å². The predicted octanol–water partition coefficient (Wildman–Crippen LogP) is 2.00. The lowest BCUT2D eigenvalue weighted by atomic mass is 10.1. The lowest BCUT2D eigenvalue weighted by Crippen LogP contribution is -2.31. The van der Waals surface area contributed by atoms with Crippen LogP contribution in [-0.2, 0) is 42.7 Å². The van der Waals surface area contributed by atoms with E-state index < -0.39 is 0 Å². The van der Waals surface area contributed by atoms with E-state index in [1.807, 2.05) is 27.7 Å². The SMILES string of the molecule is CC(C)NCC(=O)CCCCCOCCOCCOCCOCCOCCOCCOCCNC(=O)C(C)C. The highest BCUT2D eigenvalue weighted by Gasteiger charge is 2.05. The molecular weight excluding hydrogens is 508 g/mol. The summed E-state index contributed by atoms with van der Waals surface area (Å²) in [7, 11) is 0. The van der Waals surface area contributed by atoms with Gasteiger partial charge in [-0.1, -0.05) is 34.1 Å². The number of amides is 1. The molecule has 0 spiro atoms. The number of ether oxygens (including phenoxy) is 7. The highest BCUT2D eigenvalue weighted by molar-refractivity contribution is 5.80. The van der Waals surface area contributed by atoms with Crippen LogP contribution in [-0.4, -0.2) is 123 Å². The van der Waals surface area contributed by atoms with Crippen LogP contribution in [0.5, 0.6) is 0 Å². The van der Waals surface area contributed by atoms with Crippen molar-refractivity contribution in [3.8, 4) is 0 Å². The number of hydrogen-bond acceptors (Lipinski definition) is 10. The maximum absolute atomic E-state index is 11.7. The summed E-state index contributed by atoms with van der Waals surface area (Å²) in [6.45, 7) is 16.1. The third-order valence-corrected chi connectivity index (χ3v) is 5.25. The van der Waals surface area contributed by atoms with Crippen molar-refractivity contribution in [3.05, 3.63) is 0 Å². The second-order valence-corrected chi connectivity index (χ2v) is 9.62. The van der Waals surface area contributed by atoms with Gasteiger partial charge in [0.2, 0.25) is 5.91 Å². The van der Waals surface area contributed by atoms with Crippen LogP contribution in [0.2, 0.25) is 0 Å². The number of Topliss-reactive ketones (excluding diaryl/α,β-unsaturated/α-hetero) is 1. The molecular formula is C28H56N2O9. The topological polar surface area (TPSA) is 123 Å². The zero-order chi connectivity index (χ0) is 28.8. The Morgan fingerprint density at radius 1 is 0.538 bits per heavy atom. The van der Waals surface area contributed by atoms with E-state index in [1.165, 1.54) is 0 Å². The van der Waals surface area contributed by atoms with Gasteiger partial charge in [0.15, 0.2) is 0 Å². The molecule has 0 radical (unpaired) electrons. The van der Waals surface area contributed by atoms with E-state index >= 15 is 0 Å². The van der Waals surface area contributed by atoms with E-state index in [2.05, 4.69) is 10.6 Å². The Labute approximate surface area is 236 Å². The molecule has 232 valence electrons. The Morgan fingerprint density at radius 3 is 1.36 bits per heavy atom. The largest absolute Gasteiger partial charge is 0.379 e. The first-order chi connectivity index (χ1) is 18.9. The molecule has 0 rings (SSSR count). The van der Waals surface area contributed by atoms with Crippen molar-refractivity contribution < 1.29 is 42.7 Å². The van der Waals surface area contributed by atoms with Gasteiger partial charge in [0.25, 0.3) is 0 Å². The highest BCUT2D eigenvalue weighted by Crippen LogP contribution is 2.01. The highest BCUT2D eigenvalue weighted by atomic mass is 16.6. The van der Waals surface area contributed by atoms with Crippen molar-refractivity contribution in [1.29, 1.82) is 0 Å². The molecule has 0 bridgehead atoms. The number of carbonyl (C=O) groups excluding carboxylic acids is 2. The lowest BCUT2D eigenvalue weighted by molar-refractivity contribution is -0.124. The molecule has 0 aromatic rings. The van der Waals surface area contributed by atoms with Gasteiger partial charge >= 0.3 is 0 Å². The quantitative estimate of drug-likeness (QED) is 0.121. The van der Waals surface area contributed by atoms with E-state index in [0.717, 1.165) is 19.3 Å². The van der Waals surface area contributed by atoms with Gasteiger partial charge in [0.05, 0.1) is 92.4 Å². The van der Waals surface area contributed by atoms with Gasteiger partial charge in [-0.3, -0.25) is 9.59 Å². The fourth-order valence-electron chi connectivity index (χ4n) is 2.98. The summed E-state index contributed by atoms with van der Waals surface area (Å²) < 4.78 is 38.2. The molecule has 0 fully saturated rings. The van der Waals surface area contributed by atoms with Crippen molar-refractivity contribution in [2.45, 2.75) is 59.4 Å². The van der Waals surface area contributed by atoms with Crippen LogP contribution in [0.1, 0.15) is 53.4 Å². The number of nitrogens with one attached hydrogen (secondary N) is 2. The number of unbranched alkanes of at least 4 members (excludes halogenated alkanes) is 2. The van der Waals surface area contributed by atoms with E-state index in [0.29, 0.717) is 118 Å². The lowest BCUT2D eigenvalue weighted by Gasteiger charge is -2.09. The number of carbonyl (C=O) groups is 2. The Morgan fingerprint density at radius 2 is 0.949 bits per heavy atom. The van der Waals surface area contributed by atoms with Gasteiger partial charge in [0, 0.05) is 31.5 Å². The molecule has 0 aromatic heterocycles. The van der Waals surface area contributed by atoms with Crippen LogP contribution in [0.4, 0.5) is 0 Å². The smallest absolute Gasteiger partial charge is 0.222 e. The Balaban J connectivity index is 3.11. The van der Waals surface area contributed by atoms with E-state index in [-0.39, 0.29) is 17.6 Å². The third-order valence-electron chi connectivity index (χ3n) is 5.25. The maximum atomic E-state index is 11.7. The first kappa shape index (κ1) is 37.8. The van der Waals surface area contributed by atoms with Crippen LogP contribution in [0.15, 0.2) is 0 Å². The van der Waals surface area contributed by atoms with Crippen molar-refractivity contribution in [2.75, 3.05) is 106 Å². The monoisotopic (exact) mass is 564 g/mol. The first-order valence-corrected chi connectivity index (χ1v) is 14.5.